The second-order valence-corrected chi connectivity index (χ2v) is 4.18. The summed E-state index contributed by atoms with van der Waals surface area (Å²) in [6, 6.07) is 10.2. The van der Waals surface area contributed by atoms with Crippen LogP contribution in [0.4, 0.5) is 0 Å². The number of benzene rings is 1. The number of hydrogen-bond donors (Lipinski definition) is 2. The van der Waals surface area contributed by atoms with Gasteiger partial charge in [-0.1, -0.05) is 18.2 Å². The maximum Gasteiger partial charge on any atom is 0.158 e. The fraction of sp³-hybridized carbons (Fsp3) is 0. The molecule has 4 heteroatoms. The smallest absolute Gasteiger partial charge is 0.158 e. The summed E-state index contributed by atoms with van der Waals surface area (Å²) in [7, 11) is 0. The fourth-order valence-electron chi connectivity index (χ4n) is 2.33. The van der Waals surface area contributed by atoms with E-state index in [1.807, 2.05) is 24.4 Å². The molecule has 0 saturated carbocycles. The topological polar surface area (TPSA) is 57.4 Å². The van der Waals surface area contributed by atoms with E-state index in [4.69, 9.17) is 4.98 Å². The van der Waals surface area contributed by atoms with E-state index in [0.29, 0.717) is 0 Å². The molecule has 0 spiro atoms. The van der Waals surface area contributed by atoms with E-state index in [1.54, 1.807) is 12.4 Å². The Morgan fingerprint density at radius 2 is 1.83 bits per heavy atom. The number of nitrogens with zero attached hydrogens (tertiary/aromatic N) is 2. The molecule has 0 aliphatic rings. The average molecular weight is 234 g/mol. The molecule has 0 amide bonds. The van der Waals surface area contributed by atoms with Crippen LogP contribution in [0.2, 0.25) is 0 Å². The molecule has 3 heterocycles. The highest BCUT2D eigenvalue weighted by Crippen LogP contribution is 2.29. The number of hydrogen-bond acceptors (Lipinski definition) is 2. The lowest BCUT2D eigenvalue weighted by atomic mass is 10.1. The first-order chi connectivity index (χ1) is 8.93. The van der Waals surface area contributed by atoms with Gasteiger partial charge in [0, 0.05) is 29.4 Å². The first-order valence-electron chi connectivity index (χ1n) is 5.79. The Kier molecular flexibility index (Phi) is 1.80. The summed E-state index contributed by atoms with van der Waals surface area (Å²) in [6.45, 7) is 0. The average Bonchev–Trinajstić information content (AvgIpc) is 3.09. The minimum absolute atomic E-state index is 0.785. The molecule has 0 bridgehead atoms. The third-order valence-electron chi connectivity index (χ3n) is 3.13. The zero-order valence-electron chi connectivity index (χ0n) is 9.51. The molecular formula is C14H10N4. The second-order valence-electron chi connectivity index (χ2n) is 4.18. The predicted molar refractivity (Wildman–Crippen MR) is 71.2 cm³/mol. The van der Waals surface area contributed by atoms with Gasteiger partial charge in [0.2, 0.25) is 0 Å². The van der Waals surface area contributed by atoms with E-state index in [-0.39, 0.29) is 0 Å². The highest BCUT2D eigenvalue weighted by molar-refractivity contribution is 6.08. The van der Waals surface area contributed by atoms with E-state index in [0.717, 1.165) is 27.9 Å². The lowest BCUT2D eigenvalue weighted by Gasteiger charge is -2.04. The van der Waals surface area contributed by atoms with Crippen LogP contribution in [0.15, 0.2) is 48.9 Å². The van der Waals surface area contributed by atoms with Crippen LogP contribution in [0.1, 0.15) is 0 Å². The van der Waals surface area contributed by atoms with E-state index in [2.05, 4.69) is 27.1 Å². The number of imidazole rings is 1. The van der Waals surface area contributed by atoms with Crippen LogP contribution < -0.4 is 0 Å². The molecular weight excluding hydrogens is 224 g/mol. The van der Waals surface area contributed by atoms with Gasteiger partial charge in [-0.2, -0.15) is 0 Å². The zero-order chi connectivity index (χ0) is 11.9. The SMILES string of the molecule is c1ccc2c(c1)nc(-c1ncc[nH]1)c1[nH]ccc12. The Morgan fingerprint density at radius 1 is 0.889 bits per heavy atom. The number of aromatic nitrogens is 4. The molecule has 2 N–H and O–H groups in total. The standard InChI is InChI=1S/C14H10N4/c1-2-4-11-9(3-1)10-5-6-15-12(10)13(18-11)14-16-7-8-17-14/h1-8,15H,(H,16,17). The fourth-order valence-corrected chi connectivity index (χ4v) is 2.33. The Hall–Kier alpha value is -2.62. The van der Waals surface area contributed by atoms with E-state index in [9.17, 15) is 0 Å². The van der Waals surface area contributed by atoms with Crippen molar-refractivity contribution in [3.05, 3.63) is 48.9 Å². The molecule has 0 aliphatic carbocycles. The number of para-hydroxylation sites is 1. The molecule has 0 fully saturated rings. The lowest BCUT2D eigenvalue weighted by molar-refractivity contribution is 1.25. The minimum atomic E-state index is 0.785. The van der Waals surface area contributed by atoms with Crippen molar-refractivity contribution in [2.45, 2.75) is 0 Å². The zero-order valence-corrected chi connectivity index (χ0v) is 9.51. The van der Waals surface area contributed by atoms with Gasteiger partial charge in [-0.3, -0.25) is 0 Å². The van der Waals surface area contributed by atoms with Crippen molar-refractivity contribution in [2.24, 2.45) is 0 Å². The van der Waals surface area contributed by atoms with Gasteiger partial charge in [0.1, 0.15) is 5.69 Å². The summed E-state index contributed by atoms with van der Waals surface area (Å²) in [5.74, 6) is 0.785. The van der Waals surface area contributed by atoms with Gasteiger partial charge in [0.25, 0.3) is 0 Å². The number of rotatable bonds is 1. The van der Waals surface area contributed by atoms with Crippen molar-refractivity contribution < 1.29 is 0 Å². The molecule has 4 nitrogen and oxygen atoms in total. The third kappa shape index (κ3) is 1.20. The molecule has 86 valence electrons. The van der Waals surface area contributed by atoms with Crippen molar-refractivity contribution in [2.75, 3.05) is 0 Å². The first-order valence-corrected chi connectivity index (χ1v) is 5.79. The Bertz CT molecular complexity index is 827. The van der Waals surface area contributed by atoms with Crippen LogP contribution in [0.5, 0.6) is 0 Å². The van der Waals surface area contributed by atoms with E-state index < -0.39 is 0 Å². The summed E-state index contributed by atoms with van der Waals surface area (Å²) in [4.78, 5) is 15.3. The molecule has 0 saturated heterocycles. The molecule has 18 heavy (non-hydrogen) atoms. The van der Waals surface area contributed by atoms with Gasteiger partial charge in [0.15, 0.2) is 5.82 Å². The largest absolute Gasteiger partial charge is 0.359 e. The molecule has 4 rings (SSSR count). The van der Waals surface area contributed by atoms with Crippen LogP contribution in [0, 0.1) is 0 Å². The summed E-state index contributed by atoms with van der Waals surface area (Å²) in [5.41, 5.74) is 2.86. The Morgan fingerprint density at radius 3 is 2.72 bits per heavy atom. The van der Waals surface area contributed by atoms with Gasteiger partial charge in [-0.15, -0.1) is 0 Å². The minimum Gasteiger partial charge on any atom is -0.359 e. The van der Waals surface area contributed by atoms with Crippen molar-refractivity contribution in [3.8, 4) is 11.5 Å². The molecule has 0 aliphatic heterocycles. The highest BCUT2D eigenvalue weighted by Gasteiger charge is 2.11. The summed E-state index contributed by atoms with van der Waals surface area (Å²) in [5, 5.41) is 2.33. The number of pyridine rings is 1. The Balaban J connectivity index is 2.21. The third-order valence-corrected chi connectivity index (χ3v) is 3.13. The summed E-state index contributed by atoms with van der Waals surface area (Å²) >= 11 is 0. The van der Waals surface area contributed by atoms with Crippen LogP contribution in [-0.4, -0.2) is 19.9 Å². The van der Waals surface area contributed by atoms with Gasteiger partial charge in [-0.25, -0.2) is 9.97 Å². The number of fused-ring (bicyclic) bond motifs is 3. The van der Waals surface area contributed by atoms with Gasteiger partial charge < -0.3 is 9.97 Å². The first kappa shape index (κ1) is 9.41. The summed E-state index contributed by atoms with van der Waals surface area (Å²) < 4.78 is 0. The number of aromatic amines is 2. The van der Waals surface area contributed by atoms with Gasteiger partial charge in [0.05, 0.1) is 11.0 Å². The molecule has 0 radical (unpaired) electrons. The lowest BCUT2D eigenvalue weighted by Crippen LogP contribution is -1.90. The van der Waals surface area contributed by atoms with Crippen LogP contribution >= 0.6 is 0 Å². The maximum absolute atomic E-state index is 4.69. The predicted octanol–water partition coefficient (Wildman–Crippen LogP) is 3.11. The number of H-pyrrole nitrogens is 2. The van der Waals surface area contributed by atoms with Crippen molar-refractivity contribution in [3.63, 3.8) is 0 Å². The van der Waals surface area contributed by atoms with E-state index >= 15 is 0 Å². The van der Waals surface area contributed by atoms with Crippen LogP contribution in [0.3, 0.4) is 0 Å². The van der Waals surface area contributed by atoms with Crippen molar-refractivity contribution >= 4 is 21.8 Å². The molecule has 0 atom stereocenters. The summed E-state index contributed by atoms with van der Waals surface area (Å²) in [6.07, 6.45) is 5.48. The maximum atomic E-state index is 4.69. The molecule has 4 aromatic rings. The normalized spacial score (nSPS) is 11.3. The quantitative estimate of drug-likeness (QED) is 0.531. The van der Waals surface area contributed by atoms with Crippen molar-refractivity contribution in [1.82, 2.24) is 19.9 Å². The number of nitrogens with one attached hydrogen (secondary N) is 2. The molecule has 0 unspecified atom stereocenters. The molecule has 3 aromatic heterocycles. The molecule has 1 aromatic carbocycles. The van der Waals surface area contributed by atoms with Gasteiger partial charge >= 0.3 is 0 Å². The monoisotopic (exact) mass is 234 g/mol. The van der Waals surface area contributed by atoms with Crippen molar-refractivity contribution in [1.29, 1.82) is 0 Å². The Labute approximate surface area is 103 Å². The second kappa shape index (κ2) is 3.43. The van der Waals surface area contributed by atoms with Crippen LogP contribution in [-0.2, 0) is 0 Å². The van der Waals surface area contributed by atoms with Gasteiger partial charge in [-0.05, 0) is 12.1 Å². The highest BCUT2D eigenvalue weighted by atomic mass is 14.9. The van der Waals surface area contributed by atoms with Crippen LogP contribution in [0.25, 0.3) is 33.3 Å². The van der Waals surface area contributed by atoms with E-state index in [1.165, 1.54) is 5.39 Å².